The monoisotopic (exact) mass is 308 g/mol. The van der Waals surface area contributed by atoms with Gasteiger partial charge in [0.15, 0.2) is 0 Å². The smallest absolute Gasteiger partial charge is 0.371 e. The van der Waals surface area contributed by atoms with Crippen LogP contribution in [0.5, 0.6) is 0 Å². The van der Waals surface area contributed by atoms with Crippen LogP contribution in [0.15, 0.2) is 52.7 Å². The van der Waals surface area contributed by atoms with E-state index in [1.807, 2.05) is 46.8 Å². The molecule has 1 N–H and O–H groups in total. The molecule has 1 rings (SSSR count). The summed E-state index contributed by atoms with van der Waals surface area (Å²) >= 11 is 0. The van der Waals surface area contributed by atoms with Crippen LogP contribution >= 0.6 is 0 Å². The maximum atomic E-state index is 10.1. The van der Waals surface area contributed by atoms with Gasteiger partial charge in [0.25, 0.3) is 0 Å². The van der Waals surface area contributed by atoms with Crippen molar-refractivity contribution >= 4 is 5.97 Å². The molecule has 22 heavy (non-hydrogen) atoms. The predicted molar refractivity (Wildman–Crippen MR) is 91.1 cm³/mol. The Hall–Kier alpha value is -2.23. The molecule has 0 atom stereocenters. The molecule has 1 aromatic rings. The lowest BCUT2D eigenvalue weighted by molar-refractivity contribution is 0.0661. The maximum Gasteiger partial charge on any atom is 0.371 e. The fraction of sp³-hybridized carbons (Fsp3) is 0.389. The quantitative estimate of drug-likeness (QED) is 0.586. The largest absolute Gasteiger partial charge is 0.494 e. The molecule has 124 valence electrons. The lowest BCUT2D eigenvalue weighted by Gasteiger charge is -2.02. The number of allylic oxidation sites excluding steroid dienone is 4. The van der Waals surface area contributed by atoms with Crippen molar-refractivity contribution in [1.82, 2.24) is 0 Å². The number of aryl methyl sites for hydroxylation is 1. The van der Waals surface area contributed by atoms with Gasteiger partial charge in [0, 0.05) is 0 Å². The van der Waals surface area contributed by atoms with E-state index in [0.717, 1.165) is 5.76 Å². The Labute approximate surface area is 133 Å². The third-order valence-corrected chi connectivity index (χ3v) is 2.29. The number of carboxylic acid groups (broad SMARTS) is 1. The summed E-state index contributed by atoms with van der Waals surface area (Å²) in [6.07, 6.45) is 5.72. The summed E-state index contributed by atoms with van der Waals surface area (Å²) in [6.45, 7) is 16.0. The first kappa shape index (κ1) is 22.1. The van der Waals surface area contributed by atoms with Crippen molar-refractivity contribution in [1.29, 1.82) is 0 Å². The molecule has 0 unspecified atom stereocenters. The first-order valence-corrected chi connectivity index (χ1v) is 7.34. The van der Waals surface area contributed by atoms with Gasteiger partial charge >= 0.3 is 5.97 Å². The van der Waals surface area contributed by atoms with Crippen molar-refractivity contribution in [3.8, 4) is 0 Å². The van der Waals surface area contributed by atoms with Gasteiger partial charge in [-0.15, -0.1) is 0 Å². The summed E-state index contributed by atoms with van der Waals surface area (Å²) in [4.78, 5) is 10.1. The molecule has 0 aliphatic carbocycles. The van der Waals surface area contributed by atoms with Crippen LogP contribution in [0.1, 0.15) is 50.9 Å². The Kier molecular flexibility index (Phi) is 13.8. The van der Waals surface area contributed by atoms with E-state index in [1.165, 1.54) is 11.6 Å². The van der Waals surface area contributed by atoms with Gasteiger partial charge in [-0.2, -0.15) is 0 Å². The van der Waals surface area contributed by atoms with Gasteiger partial charge in [-0.1, -0.05) is 32.1 Å². The number of aromatic carboxylic acids is 1. The van der Waals surface area contributed by atoms with Gasteiger partial charge in [-0.25, -0.2) is 4.79 Å². The molecule has 0 aliphatic rings. The van der Waals surface area contributed by atoms with Gasteiger partial charge in [-0.05, 0) is 52.0 Å². The lowest BCUT2D eigenvalue weighted by atomic mass is 10.2. The number of furan rings is 1. The van der Waals surface area contributed by atoms with Gasteiger partial charge in [0.05, 0.1) is 6.61 Å². The molecule has 0 saturated heterocycles. The molecule has 0 spiro atoms. The number of rotatable bonds is 5. The van der Waals surface area contributed by atoms with Crippen LogP contribution in [0.25, 0.3) is 0 Å². The van der Waals surface area contributed by atoms with E-state index in [4.69, 9.17) is 14.3 Å². The van der Waals surface area contributed by atoms with Crippen molar-refractivity contribution in [2.24, 2.45) is 0 Å². The summed E-state index contributed by atoms with van der Waals surface area (Å²) in [5.41, 5.74) is 1.19. The van der Waals surface area contributed by atoms with Crippen LogP contribution in [0.4, 0.5) is 0 Å². The average Bonchev–Trinajstić information content (AvgIpc) is 2.96. The summed E-state index contributed by atoms with van der Waals surface area (Å²) in [6, 6.07) is 3.04. The topological polar surface area (TPSA) is 59.7 Å². The zero-order chi connectivity index (χ0) is 17.5. The summed E-state index contributed by atoms with van der Waals surface area (Å²) < 4.78 is 10.0. The summed E-state index contributed by atoms with van der Waals surface area (Å²) in [5, 5.41) is 8.30. The Morgan fingerprint density at radius 1 is 1.41 bits per heavy atom. The molecular weight excluding hydrogens is 280 g/mol. The van der Waals surface area contributed by atoms with Crippen molar-refractivity contribution in [2.45, 2.75) is 41.5 Å². The molecule has 0 bridgehead atoms. The van der Waals surface area contributed by atoms with Crippen LogP contribution in [0.3, 0.4) is 0 Å². The average molecular weight is 308 g/mol. The molecule has 0 fully saturated rings. The van der Waals surface area contributed by atoms with Crippen molar-refractivity contribution < 1.29 is 19.1 Å². The Morgan fingerprint density at radius 2 is 2.00 bits per heavy atom. The van der Waals surface area contributed by atoms with Gasteiger partial charge in [0.1, 0.15) is 11.5 Å². The molecular formula is C18H28O4. The standard InChI is InChI=1S/C10H16O.C6H6O3.C2H6/c1-5-9(4)8-10(6-2)11-7-3;1-4-2-3-5(9-4)6(7)8;1-2/h5-6,8H,2,7H2,1,3-4H3;2-3H,1H3,(H,7,8);1-2H3/b9-5-,10-8+;;. The first-order valence-electron chi connectivity index (χ1n) is 7.34. The molecule has 4 nitrogen and oxygen atoms in total. The van der Waals surface area contributed by atoms with Gasteiger partial charge < -0.3 is 14.3 Å². The van der Waals surface area contributed by atoms with E-state index in [0.29, 0.717) is 12.4 Å². The SMILES string of the molecule is C=C/C(=C\C(C)=C/C)OCC.CC.Cc1ccc(C(=O)O)o1. The predicted octanol–water partition coefficient (Wildman–Crippen LogP) is 5.37. The molecule has 0 radical (unpaired) electrons. The van der Waals surface area contributed by atoms with Crippen molar-refractivity contribution in [3.63, 3.8) is 0 Å². The number of hydrogen-bond donors (Lipinski definition) is 1. The minimum Gasteiger partial charge on any atom is -0.494 e. The molecule has 0 aromatic carbocycles. The van der Waals surface area contributed by atoms with Gasteiger partial charge in [-0.3, -0.25) is 0 Å². The maximum absolute atomic E-state index is 10.1. The van der Waals surface area contributed by atoms with E-state index >= 15 is 0 Å². The minimum absolute atomic E-state index is 0.00694. The van der Waals surface area contributed by atoms with Crippen LogP contribution < -0.4 is 0 Å². The Morgan fingerprint density at radius 3 is 2.27 bits per heavy atom. The zero-order valence-electron chi connectivity index (χ0n) is 14.5. The normalized spacial score (nSPS) is 10.6. The van der Waals surface area contributed by atoms with E-state index < -0.39 is 5.97 Å². The van der Waals surface area contributed by atoms with Crippen LogP contribution in [-0.4, -0.2) is 17.7 Å². The number of carbonyl (C=O) groups is 1. The van der Waals surface area contributed by atoms with Crippen molar-refractivity contribution in [2.75, 3.05) is 6.61 Å². The Balaban J connectivity index is 0. The zero-order valence-corrected chi connectivity index (χ0v) is 14.5. The molecule has 4 heteroatoms. The van der Waals surface area contributed by atoms with E-state index in [-0.39, 0.29) is 5.76 Å². The number of ether oxygens (including phenoxy) is 1. The van der Waals surface area contributed by atoms with Crippen LogP contribution in [0, 0.1) is 6.92 Å². The second-order valence-corrected chi connectivity index (χ2v) is 3.93. The third-order valence-electron chi connectivity index (χ3n) is 2.29. The number of hydrogen-bond acceptors (Lipinski definition) is 3. The minimum atomic E-state index is -1.02. The molecule has 0 amide bonds. The highest BCUT2D eigenvalue weighted by Gasteiger charge is 2.04. The van der Waals surface area contributed by atoms with E-state index in [2.05, 4.69) is 6.58 Å². The highest BCUT2D eigenvalue weighted by molar-refractivity contribution is 5.84. The second kappa shape index (κ2) is 13.7. The molecule has 0 aliphatic heterocycles. The fourth-order valence-electron chi connectivity index (χ4n) is 1.18. The van der Waals surface area contributed by atoms with Crippen LogP contribution in [-0.2, 0) is 4.74 Å². The summed E-state index contributed by atoms with van der Waals surface area (Å²) in [5.74, 6) is 0.422. The molecule has 0 saturated carbocycles. The molecule has 1 heterocycles. The van der Waals surface area contributed by atoms with Crippen LogP contribution in [0.2, 0.25) is 0 Å². The molecule has 1 aromatic heterocycles. The third kappa shape index (κ3) is 10.5. The highest BCUT2D eigenvalue weighted by atomic mass is 16.5. The van der Waals surface area contributed by atoms with E-state index in [1.54, 1.807) is 19.1 Å². The van der Waals surface area contributed by atoms with Gasteiger partial charge in [0.2, 0.25) is 5.76 Å². The number of carboxylic acids is 1. The first-order chi connectivity index (χ1) is 10.4. The fourth-order valence-corrected chi connectivity index (χ4v) is 1.18. The lowest BCUT2D eigenvalue weighted by Crippen LogP contribution is -1.91. The highest BCUT2D eigenvalue weighted by Crippen LogP contribution is 2.05. The van der Waals surface area contributed by atoms with E-state index in [9.17, 15) is 4.79 Å². The van der Waals surface area contributed by atoms with Crippen molar-refractivity contribution in [3.05, 3.63) is 59.8 Å². The summed E-state index contributed by atoms with van der Waals surface area (Å²) in [7, 11) is 0. The second-order valence-electron chi connectivity index (χ2n) is 3.93. The Bertz CT molecular complexity index is 493.